The first-order valence-electron chi connectivity index (χ1n) is 19.0. The molecule has 0 nitrogen and oxygen atoms in total. The molecule has 0 spiro atoms. The van der Waals surface area contributed by atoms with Gasteiger partial charge in [-0.3, -0.25) is 0 Å². The van der Waals surface area contributed by atoms with E-state index in [0.717, 1.165) is 23.7 Å². The zero-order valence-corrected chi connectivity index (χ0v) is 28.8. The predicted octanol–water partition coefficient (Wildman–Crippen LogP) is 14.9. The minimum atomic E-state index is 0.940. The van der Waals surface area contributed by atoms with Gasteiger partial charge in [0.25, 0.3) is 0 Å². The minimum absolute atomic E-state index is 0.940. The molecule has 39 heavy (non-hydrogen) atoms. The van der Waals surface area contributed by atoms with Gasteiger partial charge in [-0.05, 0) is 23.7 Å². The van der Waals surface area contributed by atoms with E-state index in [0.29, 0.717) is 0 Å². The molecule has 0 aliphatic heterocycles. The van der Waals surface area contributed by atoms with Crippen LogP contribution in [0.4, 0.5) is 0 Å². The van der Waals surface area contributed by atoms with Gasteiger partial charge >= 0.3 is 0 Å². The Balaban J connectivity index is 3.41. The SMILES string of the molecule is CCCCCCCCCCCCCCCCC(C)CCCC(C)CCCC(C)CCCCCC(C)CCCC. The molecule has 4 unspecified atom stereocenters. The van der Waals surface area contributed by atoms with Crippen molar-refractivity contribution in [3.63, 3.8) is 0 Å². The molecule has 0 rings (SSSR count). The maximum absolute atomic E-state index is 2.52. The van der Waals surface area contributed by atoms with E-state index in [9.17, 15) is 0 Å². The van der Waals surface area contributed by atoms with Crippen molar-refractivity contribution >= 4 is 0 Å². The summed E-state index contributed by atoms with van der Waals surface area (Å²) in [5, 5.41) is 0. The third-order valence-electron chi connectivity index (χ3n) is 9.78. The molecule has 0 fully saturated rings. The van der Waals surface area contributed by atoms with Gasteiger partial charge in [0.15, 0.2) is 0 Å². The highest BCUT2D eigenvalue weighted by molar-refractivity contribution is 4.62. The van der Waals surface area contributed by atoms with Crippen LogP contribution in [-0.4, -0.2) is 0 Å². The molecule has 0 aliphatic rings. The van der Waals surface area contributed by atoms with E-state index in [-0.39, 0.29) is 0 Å². The Labute approximate surface area is 251 Å². The van der Waals surface area contributed by atoms with Gasteiger partial charge in [-0.15, -0.1) is 0 Å². The smallest absolute Gasteiger partial charge is 0.0443 e. The summed E-state index contributed by atoms with van der Waals surface area (Å²) < 4.78 is 0. The Hall–Kier alpha value is 0. The highest BCUT2D eigenvalue weighted by atomic mass is 14.1. The molecule has 0 amide bonds. The van der Waals surface area contributed by atoms with Gasteiger partial charge in [0.05, 0.1) is 0 Å². The average molecular weight is 549 g/mol. The lowest BCUT2D eigenvalue weighted by atomic mass is 9.90. The molecule has 0 bridgehead atoms. The Bertz CT molecular complexity index is 439. The Morgan fingerprint density at radius 3 is 0.744 bits per heavy atom. The number of unbranched alkanes of at least 4 members (excludes halogenated alkanes) is 16. The Kier molecular flexibility index (Phi) is 30.9. The van der Waals surface area contributed by atoms with Crippen molar-refractivity contribution in [3.8, 4) is 0 Å². The predicted molar refractivity (Wildman–Crippen MR) is 182 cm³/mol. The maximum Gasteiger partial charge on any atom is -0.0443 e. The fraction of sp³-hybridized carbons (Fsp3) is 1.00. The second kappa shape index (κ2) is 30.9. The zero-order valence-electron chi connectivity index (χ0n) is 28.8. The van der Waals surface area contributed by atoms with Gasteiger partial charge in [0.1, 0.15) is 0 Å². The lowest BCUT2D eigenvalue weighted by molar-refractivity contribution is 0.371. The van der Waals surface area contributed by atoms with E-state index >= 15 is 0 Å². The van der Waals surface area contributed by atoms with E-state index in [1.807, 2.05) is 0 Å². The summed E-state index contributed by atoms with van der Waals surface area (Å²) in [7, 11) is 0. The summed E-state index contributed by atoms with van der Waals surface area (Å²) in [4.78, 5) is 0. The molecule has 0 aromatic carbocycles. The number of hydrogen-bond acceptors (Lipinski definition) is 0. The molecular weight excluding hydrogens is 468 g/mol. The molecule has 0 aliphatic carbocycles. The van der Waals surface area contributed by atoms with Crippen LogP contribution >= 0.6 is 0 Å². The fourth-order valence-electron chi connectivity index (χ4n) is 6.61. The summed E-state index contributed by atoms with van der Waals surface area (Å²) in [5.41, 5.74) is 0. The van der Waals surface area contributed by atoms with Crippen molar-refractivity contribution in [3.05, 3.63) is 0 Å². The quantitative estimate of drug-likeness (QED) is 0.0733. The van der Waals surface area contributed by atoms with Crippen LogP contribution < -0.4 is 0 Å². The van der Waals surface area contributed by atoms with E-state index in [1.54, 1.807) is 0 Å². The molecule has 0 aromatic rings. The first-order chi connectivity index (χ1) is 19.0. The van der Waals surface area contributed by atoms with Crippen LogP contribution in [0.2, 0.25) is 0 Å². The second-order valence-corrected chi connectivity index (χ2v) is 14.4. The van der Waals surface area contributed by atoms with Crippen LogP contribution in [0, 0.1) is 23.7 Å². The van der Waals surface area contributed by atoms with Crippen LogP contribution in [0.25, 0.3) is 0 Å². The first-order valence-corrected chi connectivity index (χ1v) is 19.0. The molecule has 0 saturated heterocycles. The van der Waals surface area contributed by atoms with Gasteiger partial charge in [0.2, 0.25) is 0 Å². The average Bonchev–Trinajstić information content (AvgIpc) is 2.91. The summed E-state index contributed by atoms with van der Waals surface area (Å²) >= 11 is 0. The first kappa shape index (κ1) is 39.0. The van der Waals surface area contributed by atoms with Gasteiger partial charge in [0, 0.05) is 0 Å². The Morgan fingerprint density at radius 2 is 0.436 bits per heavy atom. The molecule has 0 saturated carbocycles. The summed E-state index contributed by atoms with van der Waals surface area (Å²) in [6.07, 6.45) is 42.4. The standard InChI is InChI=1S/C39H80/c1-7-9-11-12-13-14-15-16-17-18-19-20-21-23-29-37(4)32-26-34-39(6)35-27-33-38(5)31-25-22-24-30-36(3)28-10-8-2/h36-39H,7-35H2,1-6H3. The van der Waals surface area contributed by atoms with Crippen LogP contribution in [-0.2, 0) is 0 Å². The molecule has 4 atom stereocenters. The fourth-order valence-corrected chi connectivity index (χ4v) is 6.61. The molecule has 0 heterocycles. The minimum Gasteiger partial charge on any atom is -0.0654 e. The van der Waals surface area contributed by atoms with Crippen LogP contribution in [0.3, 0.4) is 0 Å². The summed E-state index contributed by atoms with van der Waals surface area (Å²) in [6.45, 7) is 14.6. The van der Waals surface area contributed by atoms with Gasteiger partial charge in [-0.25, -0.2) is 0 Å². The zero-order chi connectivity index (χ0) is 28.8. The molecular formula is C39H80. The van der Waals surface area contributed by atoms with Crippen LogP contribution in [0.15, 0.2) is 0 Å². The van der Waals surface area contributed by atoms with Crippen LogP contribution in [0.5, 0.6) is 0 Å². The van der Waals surface area contributed by atoms with Crippen molar-refractivity contribution in [1.82, 2.24) is 0 Å². The third-order valence-corrected chi connectivity index (χ3v) is 9.78. The van der Waals surface area contributed by atoms with Crippen molar-refractivity contribution in [2.45, 2.75) is 228 Å². The van der Waals surface area contributed by atoms with Crippen molar-refractivity contribution < 1.29 is 0 Å². The van der Waals surface area contributed by atoms with Crippen molar-refractivity contribution in [2.75, 3.05) is 0 Å². The van der Waals surface area contributed by atoms with Gasteiger partial charge in [-0.2, -0.15) is 0 Å². The van der Waals surface area contributed by atoms with E-state index in [4.69, 9.17) is 0 Å². The third kappa shape index (κ3) is 30.8. The van der Waals surface area contributed by atoms with Crippen molar-refractivity contribution in [2.24, 2.45) is 23.7 Å². The second-order valence-electron chi connectivity index (χ2n) is 14.4. The summed E-state index contributed by atoms with van der Waals surface area (Å²) in [6, 6.07) is 0. The molecule has 0 heteroatoms. The van der Waals surface area contributed by atoms with Gasteiger partial charge in [-0.1, -0.05) is 228 Å². The van der Waals surface area contributed by atoms with E-state index in [2.05, 4.69) is 41.5 Å². The highest BCUT2D eigenvalue weighted by Crippen LogP contribution is 2.24. The van der Waals surface area contributed by atoms with E-state index in [1.165, 1.54) is 186 Å². The lowest BCUT2D eigenvalue weighted by Crippen LogP contribution is -2.01. The largest absolute Gasteiger partial charge is 0.0654 e. The Morgan fingerprint density at radius 1 is 0.231 bits per heavy atom. The molecule has 0 radical (unpaired) electrons. The summed E-state index contributed by atoms with van der Waals surface area (Å²) in [5.74, 6) is 3.79. The van der Waals surface area contributed by atoms with Gasteiger partial charge < -0.3 is 0 Å². The lowest BCUT2D eigenvalue weighted by Gasteiger charge is -2.16. The number of rotatable bonds is 32. The monoisotopic (exact) mass is 549 g/mol. The van der Waals surface area contributed by atoms with Crippen molar-refractivity contribution in [1.29, 1.82) is 0 Å². The molecule has 236 valence electrons. The number of hydrogen-bond donors (Lipinski definition) is 0. The normalized spacial score (nSPS) is 14.9. The van der Waals surface area contributed by atoms with Crippen LogP contribution in [0.1, 0.15) is 228 Å². The van der Waals surface area contributed by atoms with E-state index < -0.39 is 0 Å². The maximum atomic E-state index is 2.52. The molecule has 0 aromatic heterocycles. The highest BCUT2D eigenvalue weighted by Gasteiger charge is 2.08. The molecule has 0 N–H and O–H groups in total. The topological polar surface area (TPSA) is 0 Å².